The summed E-state index contributed by atoms with van der Waals surface area (Å²) >= 11 is 0. The normalized spacial score (nSPS) is 18.8. The van der Waals surface area contributed by atoms with E-state index in [1.165, 1.54) is 0 Å². The van der Waals surface area contributed by atoms with Crippen molar-refractivity contribution in [3.05, 3.63) is 138 Å². The number of nitrogens with one attached hydrogen (secondary N) is 2. The SMILES string of the molecule is CN1CCN(c2ccc(C(=O)N3CCC[C@H]3c3ncc(-c4ccc(-c5ccc(-c6cnc([C@@H]7CCCN7C(=O)[C@H](OC(N)=O)c7ccccc7)[nH]6)cc5)cc4)[nH]3)cc2)CC1. The van der Waals surface area contributed by atoms with Crippen molar-refractivity contribution in [3.63, 3.8) is 0 Å². The molecule has 3 atom stereocenters. The number of aromatic nitrogens is 4. The Hall–Kier alpha value is -6.73. The summed E-state index contributed by atoms with van der Waals surface area (Å²) in [6, 6.07) is 33.3. The largest absolute Gasteiger partial charge is 0.431 e. The van der Waals surface area contributed by atoms with Crippen molar-refractivity contribution in [2.24, 2.45) is 5.73 Å². The summed E-state index contributed by atoms with van der Waals surface area (Å²) in [6.45, 7) is 5.30. The van der Waals surface area contributed by atoms with Crippen molar-refractivity contribution in [2.75, 3.05) is 51.2 Å². The molecule has 60 heavy (non-hydrogen) atoms. The van der Waals surface area contributed by atoms with E-state index in [1.54, 1.807) is 35.4 Å². The standard InChI is InChI=1S/C47H49N9O4/c1-53-25-27-54(28-26-53)37-21-19-36(20-22-37)45(57)55-23-5-9-40(55)43-49-29-38(51-43)33-15-11-31(12-16-33)32-13-17-34(18-14-32)39-30-50-44(52-39)41-10-6-24-56(41)46(58)42(60-47(48)59)35-7-3-2-4-8-35/h2-4,7-8,11-22,29-30,40-42H,5-6,9-10,23-28H2,1H3,(H2,48,59)(H,49,51)(H,50,52)/t40-,41-,42+/m0/s1. The number of carbonyl (C=O) groups is 3. The van der Waals surface area contributed by atoms with Crippen molar-refractivity contribution < 1.29 is 19.1 Å². The van der Waals surface area contributed by atoms with Crippen LogP contribution in [0.15, 0.2) is 116 Å². The number of imidazole rings is 2. The molecule has 0 saturated carbocycles. The summed E-state index contributed by atoms with van der Waals surface area (Å²) in [5, 5.41) is 0. The van der Waals surface area contributed by atoms with Gasteiger partial charge in [0.25, 0.3) is 11.8 Å². The molecule has 0 radical (unpaired) electrons. The minimum Gasteiger partial charge on any atom is -0.431 e. The average molecular weight is 804 g/mol. The van der Waals surface area contributed by atoms with Crippen LogP contribution >= 0.6 is 0 Å². The Balaban J connectivity index is 0.836. The van der Waals surface area contributed by atoms with Crippen LogP contribution in [0.25, 0.3) is 33.6 Å². The van der Waals surface area contributed by atoms with Crippen molar-refractivity contribution in [3.8, 4) is 33.6 Å². The minimum atomic E-state index is -1.13. The van der Waals surface area contributed by atoms with Gasteiger partial charge in [0.05, 0.1) is 35.9 Å². The van der Waals surface area contributed by atoms with Crippen LogP contribution in [0.1, 0.15) is 71.4 Å². The zero-order valence-electron chi connectivity index (χ0n) is 33.7. The van der Waals surface area contributed by atoms with E-state index in [-0.39, 0.29) is 23.9 Å². The highest BCUT2D eigenvalue weighted by Crippen LogP contribution is 2.36. The lowest BCUT2D eigenvalue weighted by atomic mass is 10.0. The van der Waals surface area contributed by atoms with Gasteiger partial charge in [0.1, 0.15) is 11.6 Å². The number of ether oxygens (including phenoxy) is 1. The quantitative estimate of drug-likeness (QED) is 0.130. The first-order valence-corrected chi connectivity index (χ1v) is 20.8. The highest BCUT2D eigenvalue weighted by molar-refractivity contribution is 5.95. The maximum absolute atomic E-state index is 13.7. The Labute approximate surface area is 349 Å². The molecule has 306 valence electrons. The lowest BCUT2D eigenvalue weighted by Gasteiger charge is -2.34. The fraction of sp³-hybridized carbons (Fsp3) is 0.298. The lowest BCUT2D eigenvalue weighted by molar-refractivity contribution is -0.141. The number of hydrogen-bond acceptors (Lipinski definition) is 8. The molecule has 0 unspecified atom stereocenters. The number of aromatic amines is 2. The number of H-pyrrole nitrogens is 2. The Bertz CT molecular complexity index is 2440. The summed E-state index contributed by atoms with van der Waals surface area (Å²) < 4.78 is 5.31. The number of primary amides is 1. The van der Waals surface area contributed by atoms with Crippen LogP contribution in [-0.2, 0) is 9.53 Å². The van der Waals surface area contributed by atoms with Crippen LogP contribution in [0.2, 0.25) is 0 Å². The number of piperazine rings is 1. The van der Waals surface area contributed by atoms with Gasteiger partial charge in [0, 0.05) is 56.1 Å². The molecule has 13 heteroatoms. The molecule has 3 aliphatic rings. The minimum absolute atomic E-state index is 0.0436. The zero-order chi connectivity index (χ0) is 41.2. The smallest absolute Gasteiger partial charge is 0.405 e. The topological polar surface area (TPSA) is 157 Å². The molecule has 0 spiro atoms. The van der Waals surface area contributed by atoms with E-state index in [0.29, 0.717) is 30.0 Å². The van der Waals surface area contributed by atoms with E-state index in [1.807, 2.05) is 29.3 Å². The summed E-state index contributed by atoms with van der Waals surface area (Å²) in [6.07, 6.45) is 4.87. The third kappa shape index (κ3) is 8.00. The molecular weight excluding hydrogens is 755 g/mol. The van der Waals surface area contributed by atoms with E-state index < -0.39 is 12.2 Å². The molecule has 13 nitrogen and oxygen atoms in total. The first-order valence-electron chi connectivity index (χ1n) is 20.8. The Kier molecular flexibility index (Phi) is 10.9. The third-order valence-electron chi connectivity index (χ3n) is 12.1. The van der Waals surface area contributed by atoms with E-state index in [0.717, 1.165) is 97.0 Å². The van der Waals surface area contributed by atoms with Crippen molar-refractivity contribution >= 4 is 23.6 Å². The maximum atomic E-state index is 13.7. The molecule has 3 fully saturated rings. The van der Waals surface area contributed by atoms with Gasteiger partial charge in [-0.05, 0) is 79.3 Å². The van der Waals surface area contributed by atoms with Crippen LogP contribution < -0.4 is 10.6 Å². The molecule has 3 saturated heterocycles. The molecule has 4 N–H and O–H groups in total. The fourth-order valence-corrected chi connectivity index (χ4v) is 8.80. The number of rotatable bonds is 10. The predicted molar refractivity (Wildman–Crippen MR) is 230 cm³/mol. The van der Waals surface area contributed by atoms with Crippen LogP contribution in [0.5, 0.6) is 0 Å². The van der Waals surface area contributed by atoms with E-state index in [9.17, 15) is 14.4 Å². The number of carbonyl (C=O) groups excluding carboxylic acids is 3. The molecular formula is C47H49N9O4. The molecule has 9 rings (SSSR count). The lowest BCUT2D eigenvalue weighted by Crippen LogP contribution is -2.44. The van der Waals surface area contributed by atoms with Crippen LogP contribution in [0.3, 0.4) is 0 Å². The summed E-state index contributed by atoms with van der Waals surface area (Å²) in [7, 11) is 2.15. The van der Waals surface area contributed by atoms with Gasteiger partial charge in [-0.2, -0.15) is 0 Å². The van der Waals surface area contributed by atoms with Crippen molar-refractivity contribution in [1.29, 1.82) is 0 Å². The number of nitrogens with zero attached hydrogens (tertiary/aromatic N) is 6. The first-order chi connectivity index (χ1) is 29.3. The van der Waals surface area contributed by atoms with Crippen LogP contribution in [0.4, 0.5) is 10.5 Å². The summed E-state index contributed by atoms with van der Waals surface area (Å²) in [5.74, 6) is 1.21. The second kappa shape index (κ2) is 16.9. The monoisotopic (exact) mass is 803 g/mol. The number of likely N-dealkylation sites (N-methyl/N-ethyl adjacent to an activating group) is 1. The number of amides is 3. The molecule has 3 aliphatic heterocycles. The molecule has 4 aromatic carbocycles. The summed E-state index contributed by atoms with van der Waals surface area (Å²) in [5.41, 5.74) is 13.7. The maximum Gasteiger partial charge on any atom is 0.405 e. The van der Waals surface area contributed by atoms with Gasteiger partial charge >= 0.3 is 6.09 Å². The number of anilines is 1. The van der Waals surface area contributed by atoms with Gasteiger partial charge < -0.3 is 40.0 Å². The van der Waals surface area contributed by atoms with Gasteiger partial charge in [0.15, 0.2) is 0 Å². The summed E-state index contributed by atoms with van der Waals surface area (Å²) in [4.78, 5) is 64.0. The molecule has 6 aromatic rings. The van der Waals surface area contributed by atoms with Gasteiger partial charge in [-0.25, -0.2) is 14.8 Å². The highest BCUT2D eigenvalue weighted by Gasteiger charge is 2.38. The molecule has 3 amide bonds. The van der Waals surface area contributed by atoms with Crippen molar-refractivity contribution in [1.82, 2.24) is 34.6 Å². The predicted octanol–water partition coefficient (Wildman–Crippen LogP) is 7.36. The Morgan fingerprint density at radius 1 is 0.650 bits per heavy atom. The van der Waals surface area contributed by atoms with E-state index in [2.05, 4.69) is 92.5 Å². The van der Waals surface area contributed by atoms with Gasteiger partial charge in [-0.15, -0.1) is 0 Å². The second-order valence-corrected chi connectivity index (χ2v) is 15.9. The third-order valence-corrected chi connectivity index (χ3v) is 12.1. The second-order valence-electron chi connectivity index (χ2n) is 15.9. The zero-order valence-corrected chi connectivity index (χ0v) is 33.7. The molecule has 5 heterocycles. The number of nitrogens with two attached hydrogens (primary N) is 1. The average Bonchev–Trinajstić information content (AvgIpc) is 4.13. The van der Waals surface area contributed by atoms with Gasteiger partial charge in [0.2, 0.25) is 6.10 Å². The van der Waals surface area contributed by atoms with Crippen LogP contribution in [0, 0.1) is 0 Å². The van der Waals surface area contributed by atoms with Gasteiger partial charge in [-0.3, -0.25) is 9.59 Å². The highest BCUT2D eigenvalue weighted by atomic mass is 16.6. The van der Waals surface area contributed by atoms with Crippen molar-refractivity contribution in [2.45, 2.75) is 43.9 Å². The first kappa shape index (κ1) is 38.8. The van der Waals surface area contributed by atoms with E-state index >= 15 is 0 Å². The number of benzene rings is 4. The van der Waals surface area contributed by atoms with E-state index in [4.69, 9.17) is 15.5 Å². The molecule has 0 aliphatic carbocycles. The Morgan fingerprint density at radius 3 is 1.72 bits per heavy atom. The number of likely N-dealkylation sites (tertiary alicyclic amines) is 2. The molecule has 2 aromatic heterocycles. The number of hydrogen-bond donors (Lipinski definition) is 3. The fourth-order valence-electron chi connectivity index (χ4n) is 8.80. The van der Waals surface area contributed by atoms with Gasteiger partial charge in [-0.1, -0.05) is 78.9 Å². The van der Waals surface area contributed by atoms with Crippen LogP contribution in [-0.4, -0.2) is 98.9 Å². The molecule has 0 bridgehead atoms. The Morgan fingerprint density at radius 2 is 1.17 bits per heavy atom.